The van der Waals surface area contributed by atoms with Crippen molar-refractivity contribution in [3.8, 4) is 0 Å². The van der Waals surface area contributed by atoms with Crippen molar-refractivity contribution in [2.45, 2.75) is 59.4 Å². The zero-order valence-corrected chi connectivity index (χ0v) is 17.6. The van der Waals surface area contributed by atoms with E-state index >= 15 is 0 Å². The fraction of sp³-hybridized carbons (Fsp3) is 0.409. The number of carbonyl (C=O) groups excluding carboxylic acids is 1. The van der Waals surface area contributed by atoms with Gasteiger partial charge < -0.3 is 5.32 Å². The van der Waals surface area contributed by atoms with Gasteiger partial charge in [-0.2, -0.15) is 0 Å². The van der Waals surface area contributed by atoms with Gasteiger partial charge in [0.05, 0.1) is 5.39 Å². The van der Waals surface area contributed by atoms with Crippen molar-refractivity contribution in [2.75, 3.05) is 5.32 Å². The van der Waals surface area contributed by atoms with Gasteiger partial charge in [0, 0.05) is 10.6 Å². The van der Waals surface area contributed by atoms with Crippen LogP contribution in [0.4, 0.5) is 5.69 Å². The summed E-state index contributed by atoms with van der Waals surface area (Å²) in [6, 6.07) is 5.31. The number of nitrogens with one attached hydrogen (secondary N) is 1. The summed E-state index contributed by atoms with van der Waals surface area (Å²) in [7, 11) is 0. The maximum Gasteiger partial charge on any atom is 0.263 e. The number of thiophene rings is 1. The molecular formula is C22H25N3O2S. The van der Waals surface area contributed by atoms with Crippen molar-refractivity contribution >= 4 is 33.1 Å². The van der Waals surface area contributed by atoms with Crippen LogP contribution in [0.3, 0.4) is 0 Å². The maximum atomic E-state index is 13.4. The zero-order chi connectivity index (χ0) is 20.0. The first-order chi connectivity index (χ1) is 13.4. The lowest BCUT2D eigenvalue weighted by atomic mass is 9.97. The molecule has 1 unspecified atom stereocenters. The van der Waals surface area contributed by atoms with E-state index in [2.05, 4.69) is 10.3 Å². The largest absolute Gasteiger partial charge is 0.324 e. The van der Waals surface area contributed by atoms with Gasteiger partial charge in [0.15, 0.2) is 0 Å². The van der Waals surface area contributed by atoms with E-state index in [1.165, 1.54) is 11.3 Å². The molecular weight excluding hydrogens is 370 g/mol. The van der Waals surface area contributed by atoms with Gasteiger partial charge in [-0.25, -0.2) is 4.98 Å². The fourth-order valence-corrected chi connectivity index (χ4v) is 5.30. The Labute approximate surface area is 168 Å². The molecule has 1 aliphatic rings. The summed E-state index contributed by atoms with van der Waals surface area (Å²) < 4.78 is 1.55. The number of rotatable bonds is 3. The Hall–Kier alpha value is -2.47. The Morgan fingerprint density at radius 2 is 1.96 bits per heavy atom. The zero-order valence-electron chi connectivity index (χ0n) is 16.8. The molecule has 28 heavy (non-hydrogen) atoms. The van der Waals surface area contributed by atoms with Crippen molar-refractivity contribution in [1.82, 2.24) is 9.55 Å². The lowest BCUT2D eigenvalue weighted by Gasteiger charge is -2.19. The van der Waals surface area contributed by atoms with E-state index in [0.29, 0.717) is 5.82 Å². The van der Waals surface area contributed by atoms with Crippen LogP contribution in [-0.4, -0.2) is 15.5 Å². The number of benzene rings is 1. The van der Waals surface area contributed by atoms with E-state index < -0.39 is 6.04 Å². The second-order valence-electron chi connectivity index (χ2n) is 7.71. The average molecular weight is 396 g/mol. The number of fused-ring (bicyclic) bond motifs is 3. The van der Waals surface area contributed by atoms with Gasteiger partial charge in [0.2, 0.25) is 5.91 Å². The minimum Gasteiger partial charge on any atom is -0.324 e. The Kier molecular flexibility index (Phi) is 4.83. The molecule has 0 saturated carbocycles. The highest BCUT2D eigenvalue weighted by atomic mass is 32.1. The first-order valence-corrected chi connectivity index (χ1v) is 10.6. The second-order valence-corrected chi connectivity index (χ2v) is 8.79. The summed E-state index contributed by atoms with van der Waals surface area (Å²) in [6.07, 6.45) is 4.23. The standard InChI is InChI=1S/C22H25N3O2S/c1-12-9-10-13(2)17(11-12)24-20(26)14(3)25-15(4)23-21-19(22(25)27)16-7-5-6-8-18(16)28-21/h9-11,14H,5-8H2,1-4H3,(H,24,26). The third-order valence-electron chi connectivity index (χ3n) is 5.62. The first kappa shape index (κ1) is 18.9. The van der Waals surface area contributed by atoms with E-state index in [9.17, 15) is 9.59 Å². The minimum absolute atomic E-state index is 0.0921. The summed E-state index contributed by atoms with van der Waals surface area (Å²) in [5.41, 5.74) is 3.92. The van der Waals surface area contributed by atoms with Gasteiger partial charge in [-0.15, -0.1) is 11.3 Å². The lowest BCUT2D eigenvalue weighted by Crippen LogP contribution is -2.34. The van der Waals surface area contributed by atoms with Crippen LogP contribution in [0.1, 0.15) is 53.2 Å². The molecule has 1 aliphatic carbocycles. The average Bonchev–Trinajstić information content (AvgIpc) is 3.02. The summed E-state index contributed by atoms with van der Waals surface area (Å²) in [5, 5.41) is 3.70. The molecule has 0 radical (unpaired) electrons. The molecule has 146 valence electrons. The van der Waals surface area contributed by atoms with Crippen LogP contribution in [-0.2, 0) is 17.6 Å². The Morgan fingerprint density at radius 3 is 2.75 bits per heavy atom. The van der Waals surface area contributed by atoms with Gasteiger partial charge in [0.1, 0.15) is 16.7 Å². The molecule has 2 aromatic heterocycles. The molecule has 2 heterocycles. The van der Waals surface area contributed by atoms with Crippen LogP contribution in [0.2, 0.25) is 0 Å². The number of carbonyl (C=O) groups is 1. The van der Waals surface area contributed by atoms with E-state index in [1.807, 2.05) is 32.0 Å². The molecule has 1 amide bonds. The van der Waals surface area contributed by atoms with Crippen molar-refractivity contribution in [3.63, 3.8) is 0 Å². The van der Waals surface area contributed by atoms with Crippen molar-refractivity contribution in [3.05, 3.63) is 55.9 Å². The normalized spacial score (nSPS) is 14.7. The van der Waals surface area contributed by atoms with E-state index in [-0.39, 0.29) is 11.5 Å². The van der Waals surface area contributed by atoms with Crippen molar-refractivity contribution < 1.29 is 4.79 Å². The molecule has 0 fully saturated rings. The topological polar surface area (TPSA) is 64.0 Å². The number of aryl methyl sites for hydroxylation is 5. The molecule has 1 N–H and O–H groups in total. The molecule has 0 spiro atoms. The summed E-state index contributed by atoms with van der Waals surface area (Å²) in [5.74, 6) is 0.379. The Bertz CT molecular complexity index is 1140. The highest BCUT2D eigenvalue weighted by Crippen LogP contribution is 2.34. The number of nitrogens with zero attached hydrogens (tertiary/aromatic N) is 2. The highest BCUT2D eigenvalue weighted by molar-refractivity contribution is 7.18. The van der Waals surface area contributed by atoms with E-state index in [4.69, 9.17) is 0 Å². The third kappa shape index (κ3) is 3.15. The second kappa shape index (κ2) is 7.17. The minimum atomic E-state index is -0.636. The number of amides is 1. The van der Waals surface area contributed by atoms with Crippen LogP contribution in [0.15, 0.2) is 23.0 Å². The smallest absolute Gasteiger partial charge is 0.263 e. The summed E-state index contributed by atoms with van der Waals surface area (Å²) in [4.78, 5) is 33.1. The molecule has 0 saturated heterocycles. The molecule has 3 aromatic rings. The molecule has 6 heteroatoms. The highest BCUT2D eigenvalue weighted by Gasteiger charge is 2.25. The van der Waals surface area contributed by atoms with Crippen LogP contribution >= 0.6 is 11.3 Å². The van der Waals surface area contributed by atoms with Crippen LogP contribution in [0.5, 0.6) is 0 Å². The quantitative estimate of drug-likeness (QED) is 0.712. The summed E-state index contributed by atoms with van der Waals surface area (Å²) in [6.45, 7) is 7.52. The van der Waals surface area contributed by atoms with Gasteiger partial charge in [-0.05, 0) is 76.1 Å². The molecule has 4 rings (SSSR count). The fourth-order valence-electron chi connectivity index (χ4n) is 4.00. The third-order valence-corrected chi connectivity index (χ3v) is 6.80. The lowest BCUT2D eigenvalue weighted by molar-refractivity contribution is -0.118. The number of aromatic nitrogens is 2. The maximum absolute atomic E-state index is 13.4. The molecule has 1 atom stereocenters. The Balaban J connectivity index is 1.74. The van der Waals surface area contributed by atoms with E-state index in [1.54, 1.807) is 29.8 Å². The first-order valence-electron chi connectivity index (χ1n) is 9.78. The van der Waals surface area contributed by atoms with Crippen molar-refractivity contribution in [1.29, 1.82) is 0 Å². The molecule has 1 aromatic carbocycles. The van der Waals surface area contributed by atoms with E-state index in [0.717, 1.165) is 51.9 Å². The monoisotopic (exact) mass is 395 g/mol. The van der Waals surface area contributed by atoms with Crippen molar-refractivity contribution in [2.24, 2.45) is 0 Å². The van der Waals surface area contributed by atoms with Crippen LogP contribution in [0, 0.1) is 20.8 Å². The molecule has 5 nitrogen and oxygen atoms in total. The molecule has 0 bridgehead atoms. The SMILES string of the molecule is Cc1ccc(C)c(NC(=O)C(C)n2c(C)nc3sc4c(c3c2=O)CCCC4)c1. The van der Waals surface area contributed by atoms with Gasteiger partial charge >= 0.3 is 0 Å². The van der Waals surface area contributed by atoms with Gasteiger partial charge in [0.25, 0.3) is 5.56 Å². The summed E-state index contributed by atoms with van der Waals surface area (Å²) >= 11 is 1.64. The van der Waals surface area contributed by atoms with Gasteiger partial charge in [-0.3, -0.25) is 14.2 Å². The number of anilines is 1. The van der Waals surface area contributed by atoms with Gasteiger partial charge in [-0.1, -0.05) is 12.1 Å². The predicted molar refractivity (Wildman–Crippen MR) is 115 cm³/mol. The number of hydrogen-bond acceptors (Lipinski definition) is 4. The van der Waals surface area contributed by atoms with Crippen LogP contribution < -0.4 is 10.9 Å². The number of hydrogen-bond donors (Lipinski definition) is 1. The Morgan fingerprint density at radius 1 is 1.21 bits per heavy atom. The predicted octanol–water partition coefficient (Wildman–Crippen LogP) is 4.46. The molecule has 0 aliphatic heterocycles. The van der Waals surface area contributed by atoms with Crippen LogP contribution in [0.25, 0.3) is 10.2 Å².